The van der Waals surface area contributed by atoms with E-state index in [2.05, 4.69) is 43.1 Å². The van der Waals surface area contributed by atoms with Crippen molar-refractivity contribution in [2.45, 2.75) is 32.2 Å². The number of pyridine rings is 1. The van der Waals surface area contributed by atoms with E-state index in [4.69, 9.17) is 0 Å². The predicted molar refractivity (Wildman–Crippen MR) is 122 cm³/mol. The van der Waals surface area contributed by atoms with Crippen LogP contribution in [0, 0.1) is 5.92 Å². The van der Waals surface area contributed by atoms with Gasteiger partial charge >= 0.3 is 0 Å². The third-order valence-corrected chi connectivity index (χ3v) is 6.21. The van der Waals surface area contributed by atoms with E-state index in [-0.39, 0.29) is 28.8 Å². The number of carbonyl (C=O) groups excluding carboxylic acids is 1. The predicted octanol–water partition coefficient (Wildman–Crippen LogP) is 3.99. The zero-order chi connectivity index (χ0) is 21.5. The largest absolute Gasteiger partial charge is 0.325 e. The number of rotatable bonds is 3. The maximum atomic E-state index is 13.4. The normalized spacial score (nSPS) is 19.9. The fourth-order valence-electron chi connectivity index (χ4n) is 4.36. The Hall–Kier alpha value is -2.92. The molecule has 0 spiro atoms. The van der Waals surface area contributed by atoms with Crippen molar-refractivity contribution in [1.82, 2.24) is 9.47 Å². The van der Waals surface area contributed by atoms with Gasteiger partial charge in [0.2, 0.25) is 5.91 Å². The Balaban J connectivity index is 1.67. The summed E-state index contributed by atoms with van der Waals surface area (Å²) in [6.45, 7) is 8.13. The van der Waals surface area contributed by atoms with Crippen LogP contribution >= 0.6 is 0 Å². The van der Waals surface area contributed by atoms with Crippen LogP contribution < -0.4 is 10.9 Å². The van der Waals surface area contributed by atoms with Crippen molar-refractivity contribution in [2.24, 2.45) is 13.0 Å². The highest BCUT2D eigenvalue weighted by atomic mass is 16.2. The topological polar surface area (TPSA) is 54.3 Å². The molecule has 4 rings (SSSR count). The quantitative estimate of drug-likeness (QED) is 0.719. The molecule has 1 saturated heterocycles. The Bertz CT molecular complexity index is 1130. The second-order valence-electron chi connectivity index (χ2n) is 9.19. The fraction of sp³-hybridized carbons (Fsp3) is 0.360. The van der Waals surface area contributed by atoms with Gasteiger partial charge in [0.15, 0.2) is 0 Å². The van der Waals surface area contributed by atoms with Crippen molar-refractivity contribution in [3.8, 4) is 0 Å². The highest BCUT2D eigenvalue weighted by Gasteiger charge is 2.42. The molecule has 2 heterocycles. The summed E-state index contributed by atoms with van der Waals surface area (Å²) in [5.41, 5.74) is 1.81. The van der Waals surface area contributed by atoms with Crippen molar-refractivity contribution < 1.29 is 4.79 Å². The van der Waals surface area contributed by atoms with Crippen LogP contribution in [0.2, 0.25) is 0 Å². The Morgan fingerprint density at radius 2 is 1.70 bits per heavy atom. The SMILES string of the molecule is Cn1ccc2c(NC(=O)[C@H]3CN(C(C)(C)C)C[C@@H]3c3ccccc3)cccc2c1=O. The molecule has 1 aromatic heterocycles. The first-order valence-corrected chi connectivity index (χ1v) is 10.4. The number of amides is 1. The first-order chi connectivity index (χ1) is 14.3. The second kappa shape index (κ2) is 7.73. The number of anilines is 1. The Morgan fingerprint density at radius 3 is 2.40 bits per heavy atom. The van der Waals surface area contributed by atoms with Crippen LogP contribution in [0.5, 0.6) is 0 Å². The Morgan fingerprint density at radius 1 is 0.967 bits per heavy atom. The second-order valence-corrected chi connectivity index (χ2v) is 9.19. The van der Waals surface area contributed by atoms with E-state index in [1.165, 1.54) is 5.56 Å². The standard InChI is InChI=1S/C25H29N3O2/c1-25(2,3)28-15-20(17-9-6-5-7-10-17)21(16-28)23(29)26-22-12-8-11-19-18(22)13-14-27(4)24(19)30/h5-14,20-21H,15-16H2,1-4H3,(H,26,29)/t20-,21+/m1/s1. The third-order valence-electron chi connectivity index (χ3n) is 6.21. The summed E-state index contributed by atoms with van der Waals surface area (Å²) in [5, 5.41) is 4.52. The molecule has 1 fully saturated rings. The van der Waals surface area contributed by atoms with E-state index in [0.717, 1.165) is 11.9 Å². The zero-order valence-electron chi connectivity index (χ0n) is 18.1. The van der Waals surface area contributed by atoms with E-state index in [1.54, 1.807) is 23.9 Å². The van der Waals surface area contributed by atoms with E-state index in [1.807, 2.05) is 36.4 Å². The van der Waals surface area contributed by atoms with Crippen molar-refractivity contribution in [1.29, 1.82) is 0 Å². The summed E-state index contributed by atoms with van der Waals surface area (Å²) in [6.07, 6.45) is 1.74. The minimum atomic E-state index is -0.159. The average molecular weight is 404 g/mol. The number of likely N-dealkylation sites (tertiary alicyclic amines) is 1. The molecule has 5 nitrogen and oxygen atoms in total. The number of carbonyl (C=O) groups is 1. The van der Waals surface area contributed by atoms with Gasteiger partial charge in [0.1, 0.15) is 0 Å². The van der Waals surface area contributed by atoms with Gasteiger partial charge < -0.3 is 9.88 Å². The minimum absolute atomic E-state index is 0.00350. The lowest BCUT2D eigenvalue weighted by molar-refractivity contribution is -0.120. The molecule has 5 heteroatoms. The van der Waals surface area contributed by atoms with Gasteiger partial charge in [0.25, 0.3) is 5.56 Å². The third kappa shape index (κ3) is 3.77. The lowest BCUT2D eigenvalue weighted by Gasteiger charge is -2.31. The number of fused-ring (bicyclic) bond motifs is 1. The van der Waals surface area contributed by atoms with Gasteiger partial charge in [-0.1, -0.05) is 36.4 Å². The fourth-order valence-corrected chi connectivity index (χ4v) is 4.36. The van der Waals surface area contributed by atoms with Crippen LogP contribution in [-0.4, -0.2) is 34.0 Å². The number of nitrogens with zero attached hydrogens (tertiary/aromatic N) is 2. The molecule has 0 aliphatic carbocycles. The van der Waals surface area contributed by atoms with Crippen molar-refractivity contribution in [3.05, 3.63) is 76.7 Å². The zero-order valence-corrected chi connectivity index (χ0v) is 18.1. The molecule has 30 heavy (non-hydrogen) atoms. The summed E-state index contributed by atoms with van der Waals surface area (Å²) in [5.74, 6) is -0.0227. The molecule has 1 aliphatic rings. The molecule has 1 aliphatic heterocycles. The molecule has 0 saturated carbocycles. The van der Waals surface area contributed by atoms with Gasteiger partial charge in [-0.3, -0.25) is 14.5 Å². The van der Waals surface area contributed by atoms with Crippen LogP contribution in [0.3, 0.4) is 0 Å². The van der Waals surface area contributed by atoms with Gasteiger partial charge in [0.05, 0.1) is 5.92 Å². The van der Waals surface area contributed by atoms with E-state index < -0.39 is 0 Å². The molecule has 0 unspecified atom stereocenters. The van der Waals surface area contributed by atoms with Crippen molar-refractivity contribution in [3.63, 3.8) is 0 Å². The van der Waals surface area contributed by atoms with Gasteiger partial charge in [-0.2, -0.15) is 0 Å². The molecular formula is C25H29N3O2. The molecule has 1 amide bonds. The lowest BCUT2D eigenvalue weighted by atomic mass is 9.88. The molecular weight excluding hydrogens is 374 g/mol. The number of aryl methyl sites for hydroxylation is 1. The molecule has 156 valence electrons. The maximum absolute atomic E-state index is 13.4. The molecule has 2 atom stereocenters. The van der Waals surface area contributed by atoms with Crippen molar-refractivity contribution >= 4 is 22.4 Å². The summed E-state index contributed by atoms with van der Waals surface area (Å²) in [7, 11) is 1.73. The van der Waals surface area contributed by atoms with Crippen LogP contribution in [0.25, 0.3) is 10.8 Å². The number of nitrogens with one attached hydrogen (secondary N) is 1. The first-order valence-electron chi connectivity index (χ1n) is 10.4. The van der Waals surface area contributed by atoms with Crippen molar-refractivity contribution in [2.75, 3.05) is 18.4 Å². The summed E-state index contributed by atoms with van der Waals surface area (Å²) >= 11 is 0. The monoisotopic (exact) mass is 403 g/mol. The molecule has 2 aromatic carbocycles. The van der Waals surface area contributed by atoms with Crippen LogP contribution in [0.15, 0.2) is 65.6 Å². The highest BCUT2D eigenvalue weighted by molar-refractivity contribution is 6.03. The van der Waals surface area contributed by atoms with E-state index >= 15 is 0 Å². The van der Waals surface area contributed by atoms with Crippen LogP contribution in [-0.2, 0) is 11.8 Å². The number of aromatic nitrogens is 1. The minimum Gasteiger partial charge on any atom is -0.325 e. The molecule has 0 bridgehead atoms. The van der Waals surface area contributed by atoms with E-state index in [9.17, 15) is 9.59 Å². The van der Waals surface area contributed by atoms with Gasteiger partial charge in [-0.15, -0.1) is 0 Å². The average Bonchev–Trinajstić information content (AvgIpc) is 3.18. The number of hydrogen-bond acceptors (Lipinski definition) is 3. The number of hydrogen-bond donors (Lipinski definition) is 1. The number of benzene rings is 2. The van der Waals surface area contributed by atoms with Gasteiger partial charge in [-0.25, -0.2) is 0 Å². The molecule has 1 N–H and O–H groups in total. The van der Waals surface area contributed by atoms with Crippen LogP contribution in [0.4, 0.5) is 5.69 Å². The summed E-state index contributed by atoms with van der Waals surface area (Å²) in [6, 6.07) is 17.7. The van der Waals surface area contributed by atoms with Gasteiger partial charge in [-0.05, 0) is 44.5 Å². The smallest absolute Gasteiger partial charge is 0.258 e. The Kier molecular flexibility index (Phi) is 5.24. The summed E-state index contributed by atoms with van der Waals surface area (Å²) in [4.78, 5) is 28.3. The first kappa shape index (κ1) is 20.4. The van der Waals surface area contributed by atoms with Crippen LogP contribution in [0.1, 0.15) is 32.3 Å². The van der Waals surface area contributed by atoms with E-state index in [0.29, 0.717) is 17.6 Å². The molecule has 3 aromatic rings. The highest BCUT2D eigenvalue weighted by Crippen LogP contribution is 2.37. The molecule has 0 radical (unpaired) electrons. The Labute approximate surface area is 177 Å². The lowest BCUT2D eigenvalue weighted by Crippen LogP contribution is -2.40. The summed E-state index contributed by atoms with van der Waals surface area (Å²) < 4.78 is 1.55. The van der Waals surface area contributed by atoms with Gasteiger partial charge in [0, 0.05) is 54.3 Å². The maximum Gasteiger partial charge on any atom is 0.258 e.